The Balaban J connectivity index is 1.66. The molecule has 3 aliphatic heterocycles. The van der Waals surface area contributed by atoms with Gasteiger partial charge in [-0.05, 0) is 36.3 Å². The van der Waals surface area contributed by atoms with Crippen LogP contribution in [0.1, 0.15) is 43.4 Å². The number of carbonyl (C=O) groups is 1. The molecule has 140 valence electrons. The fourth-order valence-electron chi connectivity index (χ4n) is 6.27. The molecule has 5 nitrogen and oxygen atoms in total. The standard InChI is InChI=1S/C21H27NO4/c1-3-20(24)11-22-16-9-21(17-8-15(20)13(16)10-26-17)14-7-5-4-6-12(14)18(25-2)19(21)23/h4-7,13,15-18,22,24H,3,8-11H2,1-2H3. The number of ether oxygens (including phenoxy) is 2. The molecule has 4 bridgehead atoms. The van der Waals surface area contributed by atoms with Crippen LogP contribution in [0, 0.1) is 11.8 Å². The van der Waals surface area contributed by atoms with Crippen LogP contribution in [0.4, 0.5) is 0 Å². The molecule has 2 aliphatic carbocycles. The highest BCUT2D eigenvalue weighted by atomic mass is 16.5. The molecule has 0 radical (unpaired) electrons. The summed E-state index contributed by atoms with van der Waals surface area (Å²) in [6, 6.07) is 8.25. The highest BCUT2D eigenvalue weighted by Crippen LogP contribution is 2.57. The second-order valence-electron chi connectivity index (χ2n) is 8.52. The zero-order chi connectivity index (χ0) is 18.1. The van der Waals surface area contributed by atoms with Crippen molar-refractivity contribution in [2.45, 2.75) is 55.5 Å². The molecule has 3 saturated heterocycles. The van der Waals surface area contributed by atoms with E-state index in [2.05, 4.69) is 11.4 Å². The lowest BCUT2D eigenvalue weighted by molar-refractivity contribution is -0.155. The van der Waals surface area contributed by atoms with E-state index < -0.39 is 17.1 Å². The van der Waals surface area contributed by atoms with Gasteiger partial charge in [-0.3, -0.25) is 4.79 Å². The summed E-state index contributed by atoms with van der Waals surface area (Å²) in [6.45, 7) is 3.26. The smallest absolute Gasteiger partial charge is 0.179 e. The minimum atomic E-state index is -0.712. The van der Waals surface area contributed by atoms with Gasteiger partial charge in [0.05, 0.1) is 23.7 Å². The van der Waals surface area contributed by atoms with Gasteiger partial charge in [0.2, 0.25) is 0 Å². The molecule has 4 fully saturated rings. The minimum absolute atomic E-state index is 0.126. The average Bonchev–Trinajstić information content (AvgIpc) is 2.77. The van der Waals surface area contributed by atoms with E-state index in [1.807, 2.05) is 25.1 Å². The minimum Gasteiger partial charge on any atom is -0.388 e. The molecule has 1 aromatic rings. The molecule has 7 unspecified atom stereocenters. The Morgan fingerprint density at radius 1 is 1.38 bits per heavy atom. The van der Waals surface area contributed by atoms with Crippen molar-refractivity contribution in [1.82, 2.24) is 5.32 Å². The lowest BCUT2D eigenvalue weighted by Gasteiger charge is -2.50. The first kappa shape index (κ1) is 16.9. The summed E-state index contributed by atoms with van der Waals surface area (Å²) >= 11 is 0. The molecule has 5 heteroatoms. The van der Waals surface area contributed by atoms with Gasteiger partial charge in [0.15, 0.2) is 5.78 Å². The van der Waals surface area contributed by atoms with Gasteiger partial charge in [-0.1, -0.05) is 31.2 Å². The lowest BCUT2D eigenvalue weighted by atomic mass is 9.68. The number of rotatable bonds is 2. The fraction of sp³-hybridized carbons (Fsp3) is 0.667. The second kappa shape index (κ2) is 5.61. The molecular formula is C21H27NO4. The molecule has 0 amide bonds. The predicted molar refractivity (Wildman–Crippen MR) is 95.9 cm³/mol. The van der Waals surface area contributed by atoms with Gasteiger partial charge in [-0.25, -0.2) is 0 Å². The van der Waals surface area contributed by atoms with Crippen LogP contribution in [0.25, 0.3) is 0 Å². The number of hydrogen-bond acceptors (Lipinski definition) is 5. The van der Waals surface area contributed by atoms with E-state index in [9.17, 15) is 9.90 Å². The first-order valence-corrected chi connectivity index (χ1v) is 9.79. The van der Waals surface area contributed by atoms with E-state index in [0.29, 0.717) is 13.2 Å². The molecule has 5 aliphatic rings. The van der Waals surface area contributed by atoms with Crippen molar-refractivity contribution in [3.8, 4) is 0 Å². The Kier molecular flexibility index (Phi) is 3.64. The quantitative estimate of drug-likeness (QED) is 0.844. The molecule has 7 atom stereocenters. The molecule has 3 heterocycles. The van der Waals surface area contributed by atoms with Gasteiger partial charge in [0, 0.05) is 25.6 Å². The Morgan fingerprint density at radius 3 is 2.96 bits per heavy atom. The maximum absolute atomic E-state index is 13.6. The maximum Gasteiger partial charge on any atom is 0.179 e. The number of aliphatic hydroxyl groups is 1. The van der Waals surface area contributed by atoms with Crippen LogP contribution in [-0.2, 0) is 19.7 Å². The molecule has 1 spiro atoms. The Bertz CT molecular complexity index is 751. The first-order valence-electron chi connectivity index (χ1n) is 9.79. The zero-order valence-corrected chi connectivity index (χ0v) is 15.4. The third-order valence-corrected chi connectivity index (χ3v) is 7.69. The average molecular weight is 357 g/mol. The number of piperidine rings is 1. The molecule has 1 aromatic carbocycles. The third kappa shape index (κ3) is 1.92. The van der Waals surface area contributed by atoms with Gasteiger partial charge < -0.3 is 19.9 Å². The number of nitrogens with one attached hydrogen (secondary N) is 1. The van der Waals surface area contributed by atoms with E-state index >= 15 is 0 Å². The topological polar surface area (TPSA) is 67.8 Å². The highest BCUT2D eigenvalue weighted by molar-refractivity contribution is 6.00. The number of Topliss-reactive ketones (excluding diaryl/α,β-unsaturated/α-hetero) is 1. The van der Waals surface area contributed by atoms with Crippen molar-refractivity contribution in [3.63, 3.8) is 0 Å². The lowest BCUT2D eigenvalue weighted by Crippen LogP contribution is -2.62. The summed E-state index contributed by atoms with van der Waals surface area (Å²) in [7, 11) is 1.61. The number of fused-ring (bicyclic) bond motifs is 2. The largest absolute Gasteiger partial charge is 0.388 e. The first-order chi connectivity index (χ1) is 12.5. The Labute approximate surface area is 154 Å². The van der Waals surface area contributed by atoms with Crippen molar-refractivity contribution < 1.29 is 19.4 Å². The molecule has 6 rings (SSSR count). The van der Waals surface area contributed by atoms with Crippen LogP contribution in [0.5, 0.6) is 0 Å². The van der Waals surface area contributed by atoms with E-state index in [1.54, 1.807) is 7.11 Å². The maximum atomic E-state index is 13.6. The van der Waals surface area contributed by atoms with Gasteiger partial charge >= 0.3 is 0 Å². The number of methoxy groups -OCH3 is 1. The zero-order valence-electron chi connectivity index (χ0n) is 15.4. The van der Waals surface area contributed by atoms with Gasteiger partial charge in [-0.15, -0.1) is 0 Å². The van der Waals surface area contributed by atoms with Crippen LogP contribution in [0.15, 0.2) is 24.3 Å². The van der Waals surface area contributed by atoms with E-state index in [1.165, 1.54) is 0 Å². The van der Waals surface area contributed by atoms with Crippen molar-refractivity contribution in [1.29, 1.82) is 0 Å². The Hall–Kier alpha value is -1.27. The van der Waals surface area contributed by atoms with Crippen molar-refractivity contribution in [2.24, 2.45) is 11.8 Å². The summed E-state index contributed by atoms with van der Waals surface area (Å²) in [5.41, 5.74) is 0.666. The van der Waals surface area contributed by atoms with Crippen LogP contribution >= 0.6 is 0 Å². The second-order valence-corrected chi connectivity index (χ2v) is 8.52. The van der Waals surface area contributed by atoms with E-state index in [0.717, 1.165) is 30.4 Å². The normalized spacial score (nSPS) is 46.4. The summed E-state index contributed by atoms with van der Waals surface area (Å²) in [6.07, 6.45) is 1.48. The van der Waals surface area contributed by atoms with Crippen molar-refractivity contribution in [2.75, 3.05) is 20.3 Å². The predicted octanol–water partition coefficient (Wildman–Crippen LogP) is 1.73. The number of ketones is 1. The van der Waals surface area contributed by atoms with Crippen LogP contribution in [0.2, 0.25) is 0 Å². The van der Waals surface area contributed by atoms with Gasteiger partial charge in [0.25, 0.3) is 0 Å². The highest BCUT2D eigenvalue weighted by Gasteiger charge is 2.65. The molecule has 0 aromatic heterocycles. The number of benzene rings is 1. The van der Waals surface area contributed by atoms with Gasteiger partial charge in [-0.2, -0.15) is 0 Å². The van der Waals surface area contributed by atoms with Crippen LogP contribution in [-0.4, -0.2) is 48.9 Å². The fourth-order valence-corrected chi connectivity index (χ4v) is 6.27. The molecule has 2 N–H and O–H groups in total. The Morgan fingerprint density at radius 2 is 2.19 bits per heavy atom. The van der Waals surface area contributed by atoms with Crippen LogP contribution < -0.4 is 5.32 Å². The summed E-state index contributed by atoms with van der Waals surface area (Å²) in [5.74, 6) is 0.561. The summed E-state index contributed by atoms with van der Waals surface area (Å²) in [4.78, 5) is 13.6. The number of β-amino-alcohol motifs (C(OH)–C–C–N with tert-alkyl or cyclic N) is 1. The summed E-state index contributed by atoms with van der Waals surface area (Å²) < 4.78 is 11.9. The SMILES string of the molecule is CCC1(O)CNC2CC3(C(=O)C(OC)c4ccccc43)C3CC1C2CO3. The van der Waals surface area contributed by atoms with Crippen LogP contribution in [0.3, 0.4) is 0 Å². The molecule has 26 heavy (non-hydrogen) atoms. The van der Waals surface area contributed by atoms with Crippen molar-refractivity contribution >= 4 is 5.78 Å². The summed E-state index contributed by atoms with van der Waals surface area (Å²) in [5, 5.41) is 14.8. The monoisotopic (exact) mass is 357 g/mol. The number of hydrogen-bond donors (Lipinski definition) is 2. The molecule has 1 saturated carbocycles. The van der Waals surface area contributed by atoms with E-state index in [-0.39, 0.29) is 29.8 Å². The van der Waals surface area contributed by atoms with Crippen molar-refractivity contribution in [3.05, 3.63) is 35.4 Å². The molecular weight excluding hydrogens is 330 g/mol. The van der Waals surface area contributed by atoms with Gasteiger partial charge in [0.1, 0.15) is 6.10 Å². The third-order valence-electron chi connectivity index (χ3n) is 7.69. The number of carbonyl (C=O) groups excluding carboxylic acids is 1. The van der Waals surface area contributed by atoms with E-state index in [4.69, 9.17) is 9.47 Å².